The van der Waals surface area contributed by atoms with Crippen molar-refractivity contribution in [2.24, 2.45) is 52.3 Å². The second-order valence-electron chi connectivity index (χ2n) is 15.7. The Bertz CT molecular complexity index is 918. The number of allylic oxidation sites excluding steroid dienone is 4. The first kappa shape index (κ1) is 30.2. The van der Waals surface area contributed by atoms with Crippen LogP contribution >= 0.6 is 0 Å². The van der Waals surface area contributed by atoms with Crippen molar-refractivity contribution in [3.05, 3.63) is 23.8 Å². The summed E-state index contributed by atoms with van der Waals surface area (Å²) in [5.74, 6) is 5.72. The van der Waals surface area contributed by atoms with Gasteiger partial charge in [-0.3, -0.25) is 0 Å². The van der Waals surface area contributed by atoms with Crippen LogP contribution in [0.1, 0.15) is 137 Å². The van der Waals surface area contributed by atoms with Gasteiger partial charge in [-0.25, -0.2) is 4.79 Å². The Labute approximate surface area is 246 Å². The molecule has 0 N–H and O–H groups in total. The molecule has 0 spiro atoms. The molecule has 0 aromatic carbocycles. The predicted molar refractivity (Wildman–Crippen MR) is 165 cm³/mol. The lowest BCUT2D eigenvalue weighted by Gasteiger charge is -2.58. The summed E-state index contributed by atoms with van der Waals surface area (Å²) in [4.78, 5) is 12.5. The van der Waals surface area contributed by atoms with E-state index in [1.54, 1.807) is 5.57 Å². The zero-order chi connectivity index (χ0) is 28.3. The van der Waals surface area contributed by atoms with Gasteiger partial charge in [-0.2, -0.15) is 0 Å². The number of carbonyl (C=O) groups excluding carboxylic acids is 1. The van der Waals surface area contributed by atoms with E-state index >= 15 is 0 Å². The molecular weight excluding hydrogens is 492 g/mol. The fourth-order valence-corrected chi connectivity index (χ4v) is 10.5. The van der Waals surface area contributed by atoms with Crippen LogP contribution in [0.4, 0.5) is 4.79 Å². The largest absolute Gasteiger partial charge is 0.508 e. The molecule has 0 saturated heterocycles. The maximum absolute atomic E-state index is 12.5. The topological polar surface area (TPSA) is 35.5 Å². The van der Waals surface area contributed by atoms with Gasteiger partial charge >= 0.3 is 6.16 Å². The molecule has 0 amide bonds. The maximum Gasteiger partial charge on any atom is 0.508 e. The third-order valence-electron chi connectivity index (χ3n) is 12.8. The SMILES string of the molecule is CC(C)CCC[C@@H](C)[C@H]1CCC2[C@@H]3CC=C4CC(COC(=O)OC5CC/C=C/CCC5)CC[C@]4(C)C3CC[C@@]21C. The highest BCUT2D eigenvalue weighted by Crippen LogP contribution is 2.67. The molecule has 226 valence electrons. The van der Waals surface area contributed by atoms with Crippen molar-refractivity contribution in [2.45, 2.75) is 143 Å². The van der Waals surface area contributed by atoms with E-state index < -0.39 is 6.16 Å². The van der Waals surface area contributed by atoms with E-state index in [9.17, 15) is 4.79 Å². The Morgan fingerprint density at radius 3 is 2.60 bits per heavy atom. The van der Waals surface area contributed by atoms with Crippen molar-refractivity contribution in [3.63, 3.8) is 0 Å². The molecule has 5 aliphatic carbocycles. The predicted octanol–water partition coefficient (Wildman–Crippen LogP) is 10.7. The first-order chi connectivity index (χ1) is 19.2. The molecule has 3 nitrogen and oxygen atoms in total. The van der Waals surface area contributed by atoms with Crippen LogP contribution in [0.5, 0.6) is 0 Å². The van der Waals surface area contributed by atoms with Crippen LogP contribution in [0.15, 0.2) is 23.8 Å². The summed E-state index contributed by atoms with van der Waals surface area (Å²) in [5, 5.41) is 0. The Kier molecular flexibility index (Phi) is 9.78. The van der Waals surface area contributed by atoms with Gasteiger partial charge < -0.3 is 9.47 Å². The van der Waals surface area contributed by atoms with Gasteiger partial charge in [-0.05, 0) is 136 Å². The quantitative estimate of drug-likeness (QED) is 0.222. The van der Waals surface area contributed by atoms with E-state index in [4.69, 9.17) is 9.47 Å². The molecule has 0 radical (unpaired) electrons. The molecule has 5 aliphatic rings. The molecule has 0 aromatic rings. The van der Waals surface area contributed by atoms with E-state index in [0.29, 0.717) is 23.4 Å². The molecule has 4 unspecified atom stereocenters. The number of ether oxygens (including phenoxy) is 2. The normalized spacial score (nSPS) is 41.0. The van der Waals surface area contributed by atoms with Gasteiger partial charge in [0.2, 0.25) is 0 Å². The minimum atomic E-state index is -0.443. The second kappa shape index (κ2) is 12.9. The van der Waals surface area contributed by atoms with E-state index in [-0.39, 0.29) is 6.10 Å². The van der Waals surface area contributed by atoms with E-state index in [1.165, 1.54) is 64.2 Å². The molecule has 0 aromatic heterocycles. The van der Waals surface area contributed by atoms with Crippen LogP contribution in [0.2, 0.25) is 0 Å². The standard InChI is InChI=1S/C37H60O3/c1-26(2)12-11-13-27(3)32-18-19-33-31-17-16-29-24-28(20-22-36(29,4)34(31)21-23-37(32,33)5)25-39-35(38)40-30-14-9-7-6-8-10-15-30/h6-7,16,26-28,30-34H,8-15,17-25H2,1-5H3/b7-6+/t27-,28?,30?,31+,32-,33?,34?,36+,37-/m1/s1. The van der Waals surface area contributed by atoms with Crippen LogP contribution in [0.25, 0.3) is 0 Å². The van der Waals surface area contributed by atoms with E-state index in [0.717, 1.165) is 74.0 Å². The molecule has 0 aliphatic heterocycles. The summed E-state index contributed by atoms with van der Waals surface area (Å²) in [7, 11) is 0. The van der Waals surface area contributed by atoms with Gasteiger partial charge in [0.25, 0.3) is 0 Å². The average molecular weight is 553 g/mol. The molecule has 3 fully saturated rings. The van der Waals surface area contributed by atoms with Crippen LogP contribution in [-0.2, 0) is 9.47 Å². The lowest BCUT2D eigenvalue weighted by Crippen LogP contribution is -2.50. The Morgan fingerprint density at radius 1 is 0.950 bits per heavy atom. The Morgan fingerprint density at radius 2 is 1.77 bits per heavy atom. The number of hydrogen-bond donors (Lipinski definition) is 0. The second-order valence-corrected chi connectivity index (χ2v) is 15.7. The van der Waals surface area contributed by atoms with Crippen LogP contribution < -0.4 is 0 Å². The molecule has 3 heteroatoms. The smallest absolute Gasteiger partial charge is 0.434 e. The summed E-state index contributed by atoms with van der Waals surface area (Å²) in [5.41, 5.74) is 2.60. The summed E-state index contributed by atoms with van der Waals surface area (Å²) in [6.07, 6.45) is 26.6. The molecule has 40 heavy (non-hydrogen) atoms. The lowest BCUT2D eigenvalue weighted by molar-refractivity contribution is -0.0554. The lowest BCUT2D eigenvalue weighted by atomic mass is 9.46. The maximum atomic E-state index is 12.5. The van der Waals surface area contributed by atoms with Crippen molar-refractivity contribution < 1.29 is 14.3 Å². The first-order valence-corrected chi connectivity index (χ1v) is 17.4. The number of carbonyl (C=O) groups is 1. The molecule has 3 saturated carbocycles. The summed E-state index contributed by atoms with van der Waals surface area (Å²) in [6.45, 7) is 13.2. The molecule has 0 heterocycles. The van der Waals surface area contributed by atoms with Crippen molar-refractivity contribution in [1.82, 2.24) is 0 Å². The number of rotatable bonds is 8. The van der Waals surface area contributed by atoms with Crippen LogP contribution in [0.3, 0.4) is 0 Å². The summed E-state index contributed by atoms with van der Waals surface area (Å²) in [6, 6.07) is 0. The molecular formula is C37H60O3. The number of hydrogen-bond acceptors (Lipinski definition) is 3. The highest BCUT2D eigenvalue weighted by molar-refractivity contribution is 5.60. The minimum absolute atomic E-state index is 0.0141. The van der Waals surface area contributed by atoms with Crippen molar-refractivity contribution in [1.29, 1.82) is 0 Å². The van der Waals surface area contributed by atoms with Gasteiger partial charge in [0.05, 0.1) is 6.61 Å². The third-order valence-corrected chi connectivity index (χ3v) is 12.8. The Balaban J connectivity index is 1.15. The molecule has 0 bridgehead atoms. The highest BCUT2D eigenvalue weighted by Gasteiger charge is 2.59. The van der Waals surface area contributed by atoms with Gasteiger partial charge in [0.1, 0.15) is 6.10 Å². The highest BCUT2D eigenvalue weighted by atomic mass is 16.7. The van der Waals surface area contributed by atoms with E-state index in [2.05, 4.69) is 52.8 Å². The molecule has 5 rings (SSSR count). The van der Waals surface area contributed by atoms with E-state index in [1.807, 2.05) is 0 Å². The van der Waals surface area contributed by atoms with Gasteiger partial charge in [0.15, 0.2) is 0 Å². The number of fused-ring (bicyclic) bond motifs is 5. The van der Waals surface area contributed by atoms with Crippen LogP contribution in [0, 0.1) is 52.3 Å². The average Bonchev–Trinajstić information content (AvgIpc) is 3.26. The fraction of sp³-hybridized carbons (Fsp3) is 0.865. The zero-order valence-electron chi connectivity index (χ0n) is 26.6. The minimum Gasteiger partial charge on any atom is -0.434 e. The third kappa shape index (κ3) is 6.39. The molecule has 9 atom stereocenters. The summed E-state index contributed by atoms with van der Waals surface area (Å²) >= 11 is 0. The van der Waals surface area contributed by atoms with Crippen molar-refractivity contribution >= 4 is 6.16 Å². The fourth-order valence-electron chi connectivity index (χ4n) is 10.5. The van der Waals surface area contributed by atoms with Gasteiger partial charge in [-0.15, -0.1) is 0 Å². The first-order valence-electron chi connectivity index (χ1n) is 17.4. The zero-order valence-corrected chi connectivity index (χ0v) is 26.6. The summed E-state index contributed by atoms with van der Waals surface area (Å²) < 4.78 is 11.4. The van der Waals surface area contributed by atoms with Crippen molar-refractivity contribution in [3.8, 4) is 0 Å². The monoisotopic (exact) mass is 552 g/mol. The van der Waals surface area contributed by atoms with Crippen molar-refractivity contribution in [2.75, 3.05) is 6.61 Å². The van der Waals surface area contributed by atoms with Gasteiger partial charge in [0, 0.05) is 0 Å². The van der Waals surface area contributed by atoms with Crippen LogP contribution in [-0.4, -0.2) is 18.9 Å². The Hall–Kier alpha value is -1.25. The van der Waals surface area contributed by atoms with Gasteiger partial charge in [-0.1, -0.05) is 77.7 Å².